The summed E-state index contributed by atoms with van der Waals surface area (Å²) in [7, 11) is 0. The predicted molar refractivity (Wildman–Crippen MR) is 95.7 cm³/mol. The minimum atomic E-state index is -0.468. The van der Waals surface area contributed by atoms with Crippen molar-refractivity contribution in [1.29, 1.82) is 0 Å². The van der Waals surface area contributed by atoms with E-state index in [-0.39, 0.29) is 12.4 Å². The number of ketones is 1. The summed E-state index contributed by atoms with van der Waals surface area (Å²) in [5, 5.41) is 0. The lowest BCUT2D eigenvalue weighted by atomic mass is 9.98. The van der Waals surface area contributed by atoms with Gasteiger partial charge >= 0.3 is 5.97 Å². The van der Waals surface area contributed by atoms with Gasteiger partial charge in [-0.3, -0.25) is 4.79 Å². The van der Waals surface area contributed by atoms with Crippen molar-refractivity contribution in [3.8, 4) is 0 Å². The molecule has 0 aliphatic heterocycles. The topological polar surface area (TPSA) is 43.4 Å². The molecule has 0 saturated carbocycles. The highest BCUT2D eigenvalue weighted by Gasteiger charge is 2.14. The van der Waals surface area contributed by atoms with Crippen LogP contribution in [0.2, 0.25) is 0 Å². The summed E-state index contributed by atoms with van der Waals surface area (Å²) in [4.78, 5) is 24.4. The molecule has 0 fully saturated rings. The van der Waals surface area contributed by atoms with Crippen molar-refractivity contribution < 1.29 is 14.3 Å². The Kier molecular flexibility index (Phi) is 5.91. The number of hydrogen-bond donors (Lipinski definition) is 0. The molecule has 0 saturated heterocycles. The normalized spacial score (nSPS) is 11.8. The Labute approximate surface area is 143 Å². The molecule has 0 aromatic heterocycles. The zero-order chi connectivity index (χ0) is 17.7. The standard InChI is InChI=1S/C21H24O3/c1-5-14(2)17-9-11-18(12-10-17)21(23)24-13-20(22)19-8-6-7-15(3)16(19)4/h6-12,14H,5,13H2,1-4H3. The maximum Gasteiger partial charge on any atom is 0.338 e. The van der Waals surface area contributed by atoms with Crippen LogP contribution in [0.3, 0.4) is 0 Å². The molecule has 0 aliphatic rings. The second-order valence-corrected chi connectivity index (χ2v) is 6.18. The third kappa shape index (κ3) is 4.10. The van der Waals surface area contributed by atoms with Crippen LogP contribution in [-0.2, 0) is 4.74 Å². The first-order valence-electron chi connectivity index (χ1n) is 8.30. The summed E-state index contributed by atoms with van der Waals surface area (Å²) in [6.45, 7) is 7.90. The number of carbonyl (C=O) groups excluding carboxylic acids is 2. The van der Waals surface area contributed by atoms with Crippen LogP contribution in [0.5, 0.6) is 0 Å². The fourth-order valence-electron chi connectivity index (χ4n) is 2.53. The highest BCUT2D eigenvalue weighted by Crippen LogP contribution is 2.19. The van der Waals surface area contributed by atoms with Crippen molar-refractivity contribution >= 4 is 11.8 Å². The molecule has 3 nitrogen and oxygen atoms in total. The molecule has 1 unspecified atom stereocenters. The van der Waals surface area contributed by atoms with Gasteiger partial charge in [0.25, 0.3) is 0 Å². The van der Waals surface area contributed by atoms with Gasteiger partial charge in [-0.1, -0.05) is 44.2 Å². The number of Topliss-reactive ketones (excluding diaryl/α,β-unsaturated/α-hetero) is 1. The van der Waals surface area contributed by atoms with Gasteiger partial charge < -0.3 is 4.74 Å². The summed E-state index contributed by atoms with van der Waals surface area (Å²) in [5.41, 5.74) is 4.25. The van der Waals surface area contributed by atoms with E-state index in [1.54, 1.807) is 18.2 Å². The molecule has 2 rings (SSSR count). The van der Waals surface area contributed by atoms with Crippen molar-refractivity contribution in [2.45, 2.75) is 40.0 Å². The van der Waals surface area contributed by atoms with Gasteiger partial charge in [0, 0.05) is 5.56 Å². The number of benzene rings is 2. The molecule has 0 spiro atoms. The molecule has 0 radical (unpaired) electrons. The molecule has 126 valence electrons. The van der Waals surface area contributed by atoms with Crippen molar-refractivity contribution in [1.82, 2.24) is 0 Å². The summed E-state index contributed by atoms with van der Waals surface area (Å²) in [6.07, 6.45) is 1.05. The minimum Gasteiger partial charge on any atom is -0.454 e. The summed E-state index contributed by atoms with van der Waals surface area (Å²) < 4.78 is 5.18. The predicted octanol–water partition coefficient (Wildman–Crippen LogP) is 4.86. The molecular weight excluding hydrogens is 300 g/mol. The van der Waals surface area contributed by atoms with Gasteiger partial charge in [0.2, 0.25) is 5.78 Å². The lowest BCUT2D eigenvalue weighted by Crippen LogP contribution is -2.15. The zero-order valence-corrected chi connectivity index (χ0v) is 14.8. The Morgan fingerprint density at radius 2 is 1.71 bits per heavy atom. The van der Waals surface area contributed by atoms with Crippen LogP contribution in [0.4, 0.5) is 0 Å². The zero-order valence-electron chi connectivity index (χ0n) is 14.8. The van der Waals surface area contributed by atoms with Crippen LogP contribution in [0.25, 0.3) is 0 Å². The van der Waals surface area contributed by atoms with E-state index in [0.29, 0.717) is 17.0 Å². The molecule has 2 aromatic rings. The molecule has 0 amide bonds. The number of aryl methyl sites for hydroxylation is 1. The summed E-state index contributed by atoms with van der Waals surface area (Å²) >= 11 is 0. The lowest BCUT2D eigenvalue weighted by molar-refractivity contribution is 0.0474. The van der Waals surface area contributed by atoms with Crippen molar-refractivity contribution in [3.63, 3.8) is 0 Å². The number of rotatable bonds is 6. The van der Waals surface area contributed by atoms with E-state index < -0.39 is 5.97 Å². The molecule has 0 bridgehead atoms. The maximum absolute atomic E-state index is 12.3. The second-order valence-electron chi connectivity index (χ2n) is 6.18. The molecule has 1 atom stereocenters. The Morgan fingerprint density at radius 1 is 1.04 bits per heavy atom. The van der Waals surface area contributed by atoms with Crippen LogP contribution < -0.4 is 0 Å². The van der Waals surface area contributed by atoms with E-state index in [9.17, 15) is 9.59 Å². The van der Waals surface area contributed by atoms with E-state index in [4.69, 9.17) is 4.74 Å². The largest absolute Gasteiger partial charge is 0.454 e. The molecule has 0 aliphatic carbocycles. The van der Waals surface area contributed by atoms with Crippen LogP contribution in [-0.4, -0.2) is 18.4 Å². The van der Waals surface area contributed by atoms with Gasteiger partial charge in [-0.25, -0.2) is 4.79 Å². The van der Waals surface area contributed by atoms with Crippen LogP contribution in [0.15, 0.2) is 42.5 Å². The first kappa shape index (κ1) is 17.9. The average molecular weight is 324 g/mol. The van der Waals surface area contributed by atoms with Crippen LogP contribution in [0, 0.1) is 13.8 Å². The first-order valence-corrected chi connectivity index (χ1v) is 8.30. The molecular formula is C21H24O3. The first-order chi connectivity index (χ1) is 11.4. The number of ether oxygens (including phenoxy) is 1. The quantitative estimate of drug-likeness (QED) is 0.563. The Bertz CT molecular complexity index is 729. The van der Waals surface area contributed by atoms with E-state index in [0.717, 1.165) is 17.5 Å². The summed E-state index contributed by atoms with van der Waals surface area (Å²) in [6, 6.07) is 13.0. The van der Waals surface area contributed by atoms with Gasteiger partial charge in [0.05, 0.1) is 5.56 Å². The van der Waals surface area contributed by atoms with E-state index in [1.807, 2.05) is 38.1 Å². The summed E-state index contributed by atoms with van der Waals surface area (Å²) in [5.74, 6) is -0.189. The van der Waals surface area contributed by atoms with E-state index >= 15 is 0 Å². The number of hydrogen-bond acceptors (Lipinski definition) is 3. The van der Waals surface area contributed by atoms with Gasteiger partial charge in [-0.2, -0.15) is 0 Å². The molecule has 24 heavy (non-hydrogen) atoms. The van der Waals surface area contributed by atoms with Gasteiger partial charge in [-0.05, 0) is 55.0 Å². The Morgan fingerprint density at radius 3 is 2.33 bits per heavy atom. The number of carbonyl (C=O) groups is 2. The highest BCUT2D eigenvalue weighted by atomic mass is 16.5. The second kappa shape index (κ2) is 7.91. The van der Waals surface area contributed by atoms with Crippen molar-refractivity contribution in [3.05, 3.63) is 70.3 Å². The maximum atomic E-state index is 12.3. The van der Waals surface area contributed by atoms with E-state index in [2.05, 4.69) is 13.8 Å². The molecule has 3 heteroatoms. The van der Waals surface area contributed by atoms with Gasteiger partial charge in [0.15, 0.2) is 6.61 Å². The van der Waals surface area contributed by atoms with Crippen molar-refractivity contribution in [2.75, 3.05) is 6.61 Å². The van der Waals surface area contributed by atoms with Crippen LogP contribution in [0.1, 0.15) is 63.6 Å². The van der Waals surface area contributed by atoms with E-state index in [1.165, 1.54) is 5.56 Å². The minimum absolute atomic E-state index is 0.180. The Hall–Kier alpha value is -2.42. The smallest absolute Gasteiger partial charge is 0.338 e. The third-order valence-corrected chi connectivity index (χ3v) is 4.57. The van der Waals surface area contributed by atoms with Crippen LogP contribution >= 0.6 is 0 Å². The molecule has 2 aromatic carbocycles. The number of esters is 1. The fraction of sp³-hybridized carbons (Fsp3) is 0.333. The van der Waals surface area contributed by atoms with Crippen molar-refractivity contribution in [2.24, 2.45) is 0 Å². The average Bonchev–Trinajstić information content (AvgIpc) is 2.61. The Balaban J connectivity index is 2.00. The molecule has 0 heterocycles. The fourth-order valence-corrected chi connectivity index (χ4v) is 2.53. The highest BCUT2D eigenvalue weighted by molar-refractivity contribution is 6.00. The van der Waals surface area contributed by atoms with Gasteiger partial charge in [0.1, 0.15) is 0 Å². The monoisotopic (exact) mass is 324 g/mol. The SMILES string of the molecule is CCC(C)c1ccc(C(=O)OCC(=O)c2cccc(C)c2C)cc1. The lowest BCUT2D eigenvalue weighted by Gasteiger charge is -2.10. The third-order valence-electron chi connectivity index (χ3n) is 4.57. The molecule has 0 N–H and O–H groups in total. The van der Waals surface area contributed by atoms with Gasteiger partial charge in [-0.15, -0.1) is 0 Å².